The summed E-state index contributed by atoms with van der Waals surface area (Å²) in [7, 11) is -4.05. The molecule has 38 heavy (non-hydrogen) atoms. The van der Waals surface area contributed by atoms with Gasteiger partial charge in [-0.25, -0.2) is 8.42 Å². The first-order chi connectivity index (χ1) is 18.3. The molecule has 3 N–H and O–H groups in total. The monoisotopic (exact) mass is 535 g/mol. The molecule has 3 aromatic rings. The number of hydrogen-bond donors (Lipinski definition) is 3. The molecule has 1 fully saturated rings. The Kier molecular flexibility index (Phi) is 8.55. The lowest BCUT2D eigenvalue weighted by Crippen LogP contribution is -2.44. The average molecular weight is 536 g/mol. The van der Waals surface area contributed by atoms with E-state index in [2.05, 4.69) is 10.0 Å². The van der Waals surface area contributed by atoms with Gasteiger partial charge in [-0.05, 0) is 55.2 Å². The lowest BCUT2D eigenvalue weighted by Gasteiger charge is -2.31. The van der Waals surface area contributed by atoms with E-state index in [1.165, 1.54) is 30.3 Å². The number of sulfonamides is 1. The Hall–Kier alpha value is -4.02. The molecule has 0 atom stereocenters. The van der Waals surface area contributed by atoms with E-state index in [-0.39, 0.29) is 52.5 Å². The van der Waals surface area contributed by atoms with Gasteiger partial charge in [0.05, 0.1) is 17.1 Å². The largest absolute Gasteiger partial charge is 0.396 e. The van der Waals surface area contributed by atoms with Gasteiger partial charge in [0.25, 0.3) is 15.9 Å². The predicted octanol–water partition coefficient (Wildman–Crippen LogP) is 2.68. The smallest absolute Gasteiger partial charge is 0.261 e. The van der Waals surface area contributed by atoms with E-state index in [4.69, 9.17) is 0 Å². The highest BCUT2D eigenvalue weighted by Crippen LogP contribution is 2.23. The molecule has 2 amide bonds. The molecule has 0 radical (unpaired) electrons. The molecule has 9 nitrogen and oxygen atoms in total. The van der Waals surface area contributed by atoms with Crippen LogP contribution in [0, 0.1) is 5.92 Å². The van der Waals surface area contributed by atoms with Crippen molar-refractivity contribution in [3.63, 3.8) is 0 Å². The maximum atomic E-state index is 13.0. The molecule has 198 valence electrons. The van der Waals surface area contributed by atoms with Gasteiger partial charge in [0, 0.05) is 36.4 Å². The zero-order valence-electron chi connectivity index (χ0n) is 20.7. The summed E-state index contributed by atoms with van der Waals surface area (Å²) in [6, 6.07) is 20.2. The first kappa shape index (κ1) is 27.0. The molecule has 1 heterocycles. The zero-order valence-corrected chi connectivity index (χ0v) is 21.5. The Morgan fingerprint density at radius 1 is 0.842 bits per heavy atom. The number of nitrogens with zero attached hydrogens (tertiary/aromatic N) is 1. The number of nitrogens with one attached hydrogen (secondary N) is 2. The lowest BCUT2D eigenvalue weighted by molar-refractivity contribution is -0.131. The van der Waals surface area contributed by atoms with Crippen molar-refractivity contribution in [2.75, 3.05) is 31.0 Å². The Balaban J connectivity index is 1.39. The molecule has 1 aliphatic heterocycles. The van der Waals surface area contributed by atoms with Crippen LogP contribution in [0.1, 0.15) is 39.1 Å². The molecule has 10 heteroatoms. The van der Waals surface area contributed by atoms with Crippen LogP contribution in [-0.4, -0.2) is 62.3 Å². The standard InChI is InChI=1S/C28H29N3O6S/c32-19-20-14-16-31(17-15-20)26(33)18-29-28(35)22-10-12-23(13-11-22)38(36,37)30-25-9-5-4-8-24(25)27(34)21-6-2-1-3-7-21/h1-13,20,30,32H,14-19H2,(H,29,35). The molecule has 4 rings (SSSR count). The van der Waals surface area contributed by atoms with Crippen LogP contribution in [0.4, 0.5) is 5.69 Å². The Morgan fingerprint density at radius 3 is 2.13 bits per heavy atom. The number of carbonyl (C=O) groups is 3. The number of carbonyl (C=O) groups excluding carboxylic acids is 3. The number of amides is 2. The number of rotatable bonds is 9. The van der Waals surface area contributed by atoms with Crippen molar-refractivity contribution in [2.45, 2.75) is 17.7 Å². The second-order valence-electron chi connectivity index (χ2n) is 9.06. The third-order valence-electron chi connectivity index (χ3n) is 6.50. The number of benzene rings is 3. The van der Waals surface area contributed by atoms with Crippen LogP contribution >= 0.6 is 0 Å². The molecular formula is C28H29N3O6S. The third-order valence-corrected chi connectivity index (χ3v) is 7.89. The SMILES string of the molecule is O=C(NCC(=O)N1CCC(CO)CC1)c1ccc(S(=O)(=O)Nc2ccccc2C(=O)c2ccccc2)cc1. The van der Waals surface area contributed by atoms with Crippen molar-refractivity contribution < 1.29 is 27.9 Å². The highest BCUT2D eigenvalue weighted by Gasteiger charge is 2.23. The average Bonchev–Trinajstić information content (AvgIpc) is 2.96. The summed E-state index contributed by atoms with van der Waals surface area (Å²) in [5, 5.41) is 11.8. The fourth-order valence-corrected chi connectivity index (χ4v) is 5.32. The molecule has 3 aromatic carbocycles. The second-order valence-corrected chi connectivity index (χ2v) is 10.7. The Bertz CT molecular complexity index is 1400. The molecular weight excluding hydrogens is 506 g/mol. The number of likely N-dealkylation sites (tertiary alicyclic amines) is 1. The third kappa shape index (κ3) is 6.45. The maximum Gasteiger partial charge on any atom is 0.261 e. The quantitative estimate of drug-likeness (QED) is 0.361. The Labute approximate surface area is 221 Å². The molecule has 0 aromatic heterocycles. The number of piperidine rings is 1. The topological polar surface area (TPSA) is 133 Å². The first-order valence-corrected chi connectivity index (χ1v) is 13.8. The molecule has 0 unspecified atom stereocenters. The van der Waals surface area contributed by atoms with Gasteiger partial charge in [0.15, 0.2) is 5.78 Å². The van der Waals surface area contributed by atoms with Gasteiger partial charge in [-0.15, -0.1) is 0 Å². The van der Waals surface area contributed by atoms with Crippen LogP contribution < -0.4 is 10.0 Å². The van der Waals surface area contributed by atoms with Gasteiger partial charge < -0.3 is 15.3 Å². The van der Waals surface area contributed by atoms with E-state index in [9.17, 15) is 27.9 Å². The van der Waals surface area contributed by atoms with Gasteiger partial charge in [0.1, 0.15) is 0 Å². The lowest BCUT2D eigenvalue weighted by atomic mass is 9.98. The molecule has 1 saturated heterocycles. The van der Waals surface area contributed by atoms with Gasteiger partial charge in [-0.1, -0.05) is 42.5 Å². The summed E-state index contributed by atoms with van der Waals surface area (Å²) in [5.74, 6) is -0.819. The van der Waals surface area contributed by atoms with Crippen molar-refractivity contribution in [1.29, 1.82) is 0 Å². The van der Waals surface area contributed by atoms with Crippen LogP contribution in [0.25, 0.3) is 0 Å². The van der Waals surface area contributed by atoms with Crippen molar-refractivity contribution in [2.24, 2.45) is 5.92 Å². The van der Waals surface area contributed by atoms with Crippen molar-refractivity contribution in [1.82, 2.24) is 10.2 Å². The van der Waals surface area contributed by atoms with Crippen molar-refractivity contribution in [3.05, 3.63) is 95.6 Å². The van der Waals surface area contributed by atoms with Crippen molar-refractivity contribution >= 4 is 33.3 Å². The van der Waals surface area contributed by atoms with Crippen LogP contribution in [0.15, 0.2) is 83.8 Å². The number of aliphatic hydroxyl groups excluding tert-OH is 1. The van der Waals surface area contributed by atoms with Gasteiger partial charge in [0.2, 0.25) is 5.91 Å². The number of para-hydroxylation sites is 1. The van der Waals surface area contributed by atoms with Crippen molar-refractivity contribution in [3.8, 4) is 0 Å². The molecule has 0 saturated carbocycles. The molecule has 1 aliphatic rings. The van der Waals surface area contributed by atoms with E-state index in [1.807, 2.05) is 0 Å². The van der Waals surface area contributed by atoms with Crippen LogP contribution in [-0.2, 0) is 14.8 Å². The second kappa shape index (κ2) is 12.0. The molecule has 0 bridgehead atoms. The molecule has 0 spiro atoms. The fraction of sp³-hybridized carbons (Fsp3) is 0.250. The van der Waals surface area contributed by atoms with E-state index in [0.717, 1.165) is 12.8 Å². The number of aliphatic hydroxyl groups is 1. The summed E-state index contributed by atoms with van der Waals surface area (Å²) in [5.41, 5.74) is 0.992. The summed E-state index contributed by atoms with van der Waals surface area (Å²) >= 11 is 0. The van der Waals surface area contributed by atoms with E-state index >= 15 is 0 Å². The van der Waals surface area contributed by atoms with E-state index < -0.39 is 15.9 Å². The Morgan fingerprint density at radius 2 is 1.47 bits per heavy atom. The highest BCUT2D eigenvalue weighted by atomic mass is 32.2. The van der Waals surface area contributed by atoms with E-state index in [0.29, 0.717) is 18.7 Å². The zero-order chi connectivity index (χ0) is 27.1. The summed E-state index contributed by atoms with van der Waals surface area (Å²) in [4.78, 5) is 39.4. The molecule has 0 aliphatic carbocycles. The normalized spacial score (nSPS) is 14.1. The first-order valence-electron chi connectivity index (χ1n) is 12.3. The minimum atomic E-state index is -4.05. The number of hydrogen-bond acceptors (Lipinski definition) is 6. The minimum Gasteiger partial charge on any atom is -0.396 e. The van der Waals surface area contributed by atoms with Crippen LogP contribution in [0.5, 0.6) is 0 Å². The minimum absolute atomic E-state index is 0.0844. The number of ketones is 1. The summed E-state index contributed by atoms with van der Waals surface area (Å²) < 4.78 is 28.6. The highest BCUT2D eigenvalue weighted by molar-refractivity contribution is 7.92. The maximum absolute atomic E-state index is 13.0. The summed E-state index contributed by atoms with van der Waals surface area (Å²) in [6.07, 6.45) is 1.45. The fourth-order valence-electron chi connectivity index (χ4n) is 4.24. The van der Waals surface area contributed by atoms with Crippen LogP contribution in [0.2, 0.25) is 0 Å². The number of anilines is 1. The van der Waals surface area contributed by atoms with E-state index in [1.54, 1.807) is 53.4 Å². The van der Waals surface area contributed by atoms with Gasteiger partial charge in [-0.2, -0.15) is 0 Å². The van der Waals surface area contributed by atoms with Gasteiger partial charge >= 0.3 is 0 Å². The summed E-state index contributed by atoms with van der Waals surface area (Å²) in [6.45, 7) is 1.02. The van der Waals surface area contributed by atoms with Crippen LogP contribution in [0.3, 0.4) is 0 Å². The van der Waals surface area contributed by atoms with Gasteiger partial charge in [-0.3, -0.25) is 19.1 Å². The predicted molar refractivity (Wildman–Crippen MR) is 142 cm³/mol.